The van der Waals surface area contributed by atoms with E-state index in [0.717, 1.165) is 23.3 Å². The topological polar surface area (TPSA) is 37.3 Å². The normalized spacial score (nSPS) is 12.3. The second-order valence-electron chi connectivity index (χ2n) is 5.30. The standard InChI is InChI=1S/C18H15F3O2/c1-11-6-7-12(2)15(8-11)16(17(22)23)10-13-4-3-5-14(9-13)18(19,20)21/h3-10H,1-2H3,(H,22,23)/b16-10-. The molecule has 0 fully saturated rings. The van der Waals surface area contributed by atoms with Crippen molar-refractivity contribution in [1.82, 2.24) is 0 Å². The Bertz CT molecular complexity index is 774. The quantitative estimate of drug-likeness (QED) is 0.642. The van der Waals surface area contributed by atoms with Gasteiger partial charge in [-0.3, -0.25) is 0 Å². The molecule has 2 nitrogen and oxygen atoms in total. The van der Waals surface area contributed by atoms with Gasteiger partial charge in [-0.1, -0.05) is 35.9 Å². The first-order chi connectivity index (χ1) is 10.7. The van der Waals surface area contributed by atoms with Crippen molar-refractivity contribution in [3.8, 4) is 0 Å². The molecule has 0 heterocycles. The van der Waals surface area contributed by atoms with Gasteiger partial charge in [-0.15, -0.1) is 0 Å². The summed E-state index contributed by atoms with van der Waals surface area (Å²) < 4.78 is 38.3. The number of aliphatic carboxylic acids is 1. The molecule has 5 heteroatoms. The van der Waals surface area contributed by atoms with Crippen molar-refractivity contribution < 1.29 is 23.1 Å². The summed E-state index contributed by atoms with van der Waals surface area (Å²) in [5.41, 5.74) is 1.47. The van der Waals surface area contributed by atoms with Crippen LogP contribution in [0, 0.1) is 13.8 Å². The van der Waals surface area contributed by atoms with Crippen LogP contribution in [0.5, 0.6) is 0 Å². The Hall–Kier alpha value is -2.56. The number of hydrogen-bond donors (Lipinski definition) is 1. The van der Waals surface area contributed by atoms with Gasteiger partial charge in [0.15, 0.2) is 0 Å². The van der Waals surface area contributed by atoms with Crippen LogP contribution in [-0.2, 0) is 11.0 Å². The van der Waals surface area contributed by atoms with Gasteiger partial charge in [-0.05, 0) is 48.7 Å². The molecule has 0 aliphatic carbocycles. The molecule has 0 aliphatic heterocycles. The molecule has 0 bridgehead atoms. The zero-order valence-electron chi connectivity index (χ0n) is 12.6. The first kappa shape index (κ1) is 16.8. The Balaban J connectivity index is 2.57. The van der Waals surface area contributed by atoms with Gasteiger partial charge in [0.05, 0.1) is 11.1 Å². The number of alkyl halides is 3. The number of rotatable bonds is 3. The molecule has 0 saturated carbocycles. The summed E-state index contributed by atoms with van der Waals surface area (Å²) in [5, 5.41) is 9.44. The van der Waals surface area contributed by atoms with E-state index in [9.17, 15) is 23.1 Å². The predicted octanol–water partition coefficient (Wildman–Crippen LogP) is 4.95. The molecule has 0 aliphatic rings. The highest BCUT2D eigenvalue weighted by molar-refractivity contribution is 6.21. The van der Waals surface area contributed by atoms with Gasteiger partial charge in [0, 0.05) is 0 Å². The molecule has 120 valence electrons. The van der Waals surface area contributed by atoms with Gasteiger partial charge in [-0.25, -0.2) is 4.79 Å². The zero-order valence-corrected chi connectivity index (χ0v) is 12.6. The number of aryl methyl sites for hydroxylation is 2. The van der Waals surface area contributed by atoms with E-state index in [0.29, 0.717) is 5.56 Å². The van der Waals surface area contributed by atoms with E-state index in [1.54, 1.807) is 19.1 Å². The molecule has 0 saturated heterocycles. The molecular weight excluding hydrogens is 305 g/mol. The third-order valence-corrected chi connectivity index (χ3v) is 3.44. The van der Waals surface area contributed by atoms with Crippen LogP contribution in [0.2, 0.25) is 0 Å². The second-order valence-corrected chi connectivity index (χ2v) is 5.30. The third-order valence-electron chi connectivity index (χ3n) is 3.44. The highest BCUT2D eigenvalue weighted by atomic mass is 19.4. The SMILES string of the molecule is Cc1ccc(C)c(/C(=C/c2cccc(C(F)(F)F)c2)C(=O)O)c1. The van der Waals surface area contributed by atoms with Gasteiger partial charge in [0.1, 0.15) is 0 Å². The predicted molar refractivity (Wildman–Crippen MR) is 82.9 cm³/mol. The largest absolute Gasteiger partial charge is 0.478 e. The fourth-order valence-electron chi connectivity index (χ4n) is 2.25. The summed E-state index contributed by atoms with van der Waals surface area (Å²) >= 11 is 0. The number of hydrogen-bond acceptors (Lipinski definition) is 1. The van der Waals surface area contributed by atoms with E-state index in [1.807, 2.05) is 13.0 Å². The number of carboxylic acid groups (broad SMARTS) is 1. The van der Waals surface area contributed by atoms with Gasteiger partial charge in [0.2, 0.25) is 0 Å². The molecule has 0 atom stereocenters. The fraction of sp³-hybridized carbons (Fsp3) is 0.167. The Labute approximate surface area is 131 Å². The molecule has 0 spiro atoms. The van der Waals surface area contributed by atoms with Crippen molar-refractivity contribution in [2.75, 3.05) is 0 Å². The summed E-state index contributed by atoms with van der Waals surface area (Å²) in [6.07, 6.45) is -3.20. The summed E-state index contributed by atoms with van der Waals surface area (Å²) in [4.78, 5) is 11.6. The van der Waals surface area contributed by atoms with Gasteiger partial charge in [-0.2, -0.15) is 13.2 Å². The minimum Gasteiger partial charge on any atom is -0.478 e. The number of carbonyl (C=O) groups is 1. The first-order valence-corrected chi connectivity index (χ1v) is 6.88. The molecule has 2 aromatic carbocycles. The monoisotopic (exact) mass is 320 g/mol. The van der Waals surface area contributed by atoms with Gasteiger partial charge >= 0.3 is 12.1 Å². The van der Waals surface area contributed by atoms with Crippen LogP contribution in [0.1, 0.15) is 27.8 Å². The summed E-state index contributed by atoms with van der Waals surface area (Å²) in [5.74, 6) is -1.18. The fourth-order valence-corrected chi connectivity index (χ4v) is 2.25. The van der Waals surface area contributed by atoms with Crippen molar-refractivity contribution in [2.24, 2.45) is 0 Å². The molecule has 0 unspecified atom stereocenters. The summed E-state index contributed by atoms with van der Waals surface area (Å²) in [6, 6.07) is 9.95. The minimum absolute atomic E-state index is 0.0366. The van der Waals surface area contributed by atoms with Crippen LogP contribution in [0.4, 0.5) is 13.2 Å². The average molecular weight is 320 g/mol. The maximum Gasteiger partial charge on any atom is 0.416 e. The zero-order chi connectivity index (χ0) is 17.2. The minimum atomic E-state index is -4.47. The van der Waals surface area contributed by atoms with Crippen LogP contribution >= 0.6 is 0 Å². The van der Waals surface area contributed by atoms with Crippen LogP contribution in [0.3, 0.4) is 0 Å². The lowest BCUT2D eigenvalue weighted by molar-refractivity contribution is -0.137. The maximum absolute atomic E-state index is 12.8. The summed E-state index contributed by atoms with van der Waals surface area (Å²) in [7, 11) is 0. The lowest BCUT2D eigenvalue weighted by Crippen LogP contribution is -2.05. The smallest absolute Gasteiger partial charge is 0.416 e. The molecule has 2 aromatic rings. The van der Waals surface area contributed by atoms with Crippen LogP contribution in [0.15, 0.2) is 42.5 Å². The average Bonchev–Trinajstić information content (AvgIpc) is 2.47. The van der Waals surface area contributed by atoms with E-state index in [4.69, 9.17) is 0 Å². The molecule has 0 aromatic heterocycles. The Morgan fingerprint density at radius 2 is 1.78 bits per heavy atom. The highest BCUT2D eigenvalue weighted by Crippen LogP contribution is 2.31. The molecule has 23 heavy (non-hydrogen) atoms. The van der Waals surface area contributed by atoms with Gasteiger partial charge in [0.25, 0.3) is 0 Å². The van der Waals surface area contributed by atoms with Crippen molar-refractivity contribution >= 4 is 17.6 Å². The number of carboxylic acids is 1. The molecule has 2 rings (SSSR count). The highest BCUT2D eigenvalue weighted by Gasteiger charge is 2.30. The van der Waals surface area contributed by atoms with E-state index < -0.39 is 17.7 Å². The van der Waals surface area contributed by atoms with E-state index in [2.05, 4.69) is 0 Å². The Morgan fingerprint density at radius 1 is 1.09 bits per heavy atom. The van der Waals surface area contributed by atoms with Gasteiger partial charge < -0.3 is 5.11 Å². The lowest BCUT2D eigenvalue weighted by Gasteiger charge is -2.10. The van der Waals surface area contributed by atoms with Crippen LogP contribution in [0.25, 0.3) is 11.6 Å². The van der Waals surface area contributed by atoms with E-state index in [-0.39, 0.29) is 11.1 Å². The Morgan fingerprint density at radius 3 is 2.39 bits per heavy atom. The van der Waals surface area contributed by atoms with Crippen molar-refractivity contribution in [1.29, 1.82) is 0 Å². The maximum atomic E-state index is 12.8. The van der Waals surface area contributed by atoms with E-state index in [1.165, 1.54) is 18.2 Å². The summed E-state index contributed by atoms with van der Waals surface area (Å²) in [6.45, 7) is 3.59. The molecule has 0 amide bonds. The number of benzene rings is 2. The molecular formula is C18H15F3O2. The molecule has 0 radical (unpaired) electrons. The third kappa shape index (κ3) is 4.00. The first-order valence-electron chi connectivity index (χ1n) is 6.88. The number of halogens is 3. The van der Waals surface area contributed by atoms with Crippen LogP contribution in [-0.4, -0.2) is 11.1 Å². The van der Waals surface area contributed by atoms with Crippen molar-refractivity contribution in [3.05, 3.63) is 70.3 Å². The Kier molecular flexibility index (Phi) is 4.59. The lowest BCUT2D eigenvalue weighted by atomic mass is 9.96. The van der Waals surface area contributed by atoms with E-state index >= 15 is 0 Å². The molecule has 1 N–H and O–H groups in total. The second kappa shape index (κ2) is 6.28. The van der Waals surface area contributed by atoms with Crippen LogP contribution < -0.4 is 0 Å². The van der Waals surface area contributed by atoms with Crippen molar-refractivity contribution in [3.63, 3.8) is 0 Å². The van der Waals surface area contributed by atoms with Crippen molar-refractivity contribution in [2.45, 2.75) is 20.0 Å².